The highest BCUT2D eigenvalue weighted by atomic mass is 35.5. The van der Waals surface area contributed by atoms with Crippen molar-refractivity contribution in [2.45, 2.75) is 0 Å². The molecule has 0 amide bonds. The maximum atomic E-state index is 10.9. The Morgan fingerprint density at radius 1 is 1.10 bits per heavy atom. The molecule has 0 aliphatic carbocycles. The van der Waals surface area contributed by atoms with Gasteiger partial charge in [-0.25, -0.2) is 9.59 Å². The number of hydrogen-bond donors (Lipinski definition) is 2. The van der Waals surface area contributed by atoms with E-state index in [-0.39, 0.29) is 33.5 Å². The summed E-state index contributed by atoms with van der Waals surface area (Å²) < 4.78 is 14.8. The van der Waals surface area contributed by atoms with Crippen LogP contribution in [0.25, 0.3) is 6.08 Å². The molecule has 12 heteroatoms. The molecule has 0 radical (unpaired) electrons. The van der Waals surface area contributed by atoms with Gasteiger partial charge >= 0.3 is 11.9 Å². The first-order valence-corrected chi connectivity index (χ1v) is 8.96. The van der Waals surface area contributed by atoms with Crippen LogP contribution < -0.4 is 14.2 Å². The van der Waals surface area contributed by atoms with Crippen molar-refractivity contribution in [3.63, 3.8) is 0 Å². The molecule has 0 aliphatic heterocycles. The van der Waals surface area contributed by atoms with Crippen LogP contribution in [0.5, 0.6) is 17.2 Å². The topological polar surface area (TPSA) is 145 Å². The van der Waals surface area contributed by atoms with Crippen molar-refractivity contribution < 1.29 is 38.9 Å². The Morgan fingerprint density at radius 2 is 1.71 bits per heavy atom. The average molecular weight is 474 g/mol. The molecule has 0 fully saturated rings. The predicted molar refractivity (Wildman–Crippen MR) is 112 cm³/mol. The molecule has 2 rings (SSSR count). The minimum atomic E-state index is -1.20. The summed E-state index contributed by atoms with van der Waals surface area (Å²) in [5.74, 6) is -1.49. The maximum Gasteiger partial charge on any atom is 0.341 e. The molecule has 0 bridgehead atoms. The van der Waals surface area contributed by atoms with Gasteiger partial charge in [-0.05, 0) is 24.3 Å². The van der Waals surface area contributed by atoms with E-state index in [1.54, 1.807) is 18.2 Å². The van der Waals surface area contributed by atoms with Crippen LogP contribution in [-0.2, 0) is 9.59 Å². The largest absolute Gasteiger partial charge is 0.493 e. The Bertz CT molecular complexity index is 993. The third-order valence-corrected chi connectivity index (χ3v) is 4.20. The van der Waals surface area contributed by atoms with E-state index in [2.05, 4.69) is 0 Å². The normalized spacial score (nSPS) is 10.1. The SMILES string of the molecule is COc1cc(C=CC(=O)O)c([N+](=O)[O-])cc1OC.O=C(O)COc1cccc(Cl)c1Cl. The zero-order valence-electron chi connectivity index (χ0n) is 16.2. The van der Waals surface area contributed by atoms with Gasteiger partial charge in [0.15, 0.2) is 18.1 Å². The van der Waals surface area contributed by atoms with Crippen molar-refractivity contribution in [1.82, 2.24) is 0 Å². The lowest BCUT2D eigenvalue weighted by Gasteiger charge is -2.08. The van der Waals surface area contributed by atoms with E-state index in [1.165, 1.54) is 26.4 Å². The number of aliphatic carboxylic acids is 2. The molecule has 0 saturated carbocycles. The lowest BCUT2D eigenvalue weighted by atomic mass is 10.1. The highest BCUT2D eigenvalue weighted by molar-refractivity contribution is 6.42. The number of nitro groups is 1. The van der Waals surface area contributed by atoms with E-state index in [9.17, 15) is 19.7 Å². The summed E-state index contributed by atoms with van der Waals surface area (Å²) in [4.78, 5) is 30.8. The lowest BCUT2D eigenvalue weighted by Crippen LogP contribution is -2.09. The quantitative estimate of drug-likeness (QED) is 0.327. The minimum absolute atomic E-state index is 0.125. The molecule has 0 unspecified atom stereocenters. The van der Waals surface area contributed by atoms with Crippen LogP contribution in [0, 0.1) is 10.1 Å². The molecule has 0 atom stereocenters. The van der Waals surface area contributed by atoms with E-state index in [1.807, 2.05) is 0 Å². The number of rotatable bonds is 8. The van der Waals surface area contributed by atoms with Crippen LogP contribution in [0.15, 0.2) is 36.4 Å². The van der Waals surface area contributed by atoms with Crippen LogP contribution >= 0.6 is 23.2 Å². The number of benzene rings is 2. The summed E-state index contributed by atoms with van der Waals surface area (Å²) in [6.45, 7) is -0.430. The van der Waals surface area contributed by atoms with Gasteiger partial charge < -0.3 is 24.4 Å². The molecule has 31 heavy (non-hydrogen) atoms. The van der Waals surface area contributed by atoms with Crippen molar-refractivity contribution in [2.24, 2.45) is 0 Å². The summed E-state index contributed by atoms with van der Waals surface area (Å²) in [5.41, 5.74) is -0.134. The van der Waals surface area contributed by atoms with Crippen molar-refractivity contribution in [1.29, 1.82) is 0 Å². The van der Waals surface area contributed by atoms with Crippen LogP contribution in [-0.4, -0.2) is 47.9 Å². The van der Waals surface area contributed by atoms with Crippen LogP contribution in [0.4, 0.5) is 5.69 Å². The molecular weight excluding hydrogens is 457 g/mol. The third-order valence-electron chi connectivity index (χ3n) is 3.40. The zero-order valence-corrected chi connectivity index (χ0v) is 17.7. The molecule has 2 N–H and O–H groups in total. The second-order valence-corrected chi connectivity index (χ2v) is 6.21. The van der Waals surface area contributed by atoms with Gasteiger partial charge in [0.25, 0.3) is 5.69 Å². The highest BCUT2D eigenvalue weighted by Gasteiger charge is 2.17. The van der Waals surface area contributed by atoms with Gasteiger partial charge in [0.05, 0.1) is 35.8 Å². The van der Waals surface area contributed by atoms with Crippen molar-refractivity contribution in [3.8, 4) is 17.2 Å². The van der Waals surface area contributed by atoms with E-state index in [4.69, 9.17) is 47.6 Å². The molecule has 0 aromatic heterocycles. The number of hydrogen-bond acceptors (Lipinski definition) is 7. The second-order valence-electron chi connectivity index (χ2n) is 5.43. The van der Waals surface area contributed by atoms with Crippen LogP contribution in [0.1, 0.15) is 5.56 Å². The summed E-state index contributed by atoms with van der Waals surface area (Å²) in [6, 6.07) is 7.30. The van der Waals surface area contributed by atoms with Crippen LogP contribution in [0.2, 0.25) is 10.0 Å². The Labute approximate surface area is 186 Å². The van der Waals surface area contributed by atoms with Gasteiger partial charge in [0.1, 0.15) is 10.8 Å². The van der Waals surface area contributed by atoms with Gasteiger partial charge in [-0.1, -0.05) is 29.3 Å². The molecule has 0 aliphatic rings. The molecule has 0 heterocycles. The van der Waals surface area contributed by atoms with E-state index < -0.39 is 23.5 Å². The molecular formula is C19H17Cl2NO9. The summed E-state index contributed by atoms with van der Waals surface area (Å²) in [6.07, 6.45) is 1.94. The first kappa shape index (κ1) is 25.5. The highest BCUT2D eigenvalue weighted by Crippen LogP contribution is 2.35. The van der Waals surface area contributed by atoms with Crippen molar-refractivity contribution >= 4 is 46.9 Å². The van der Waals surface area contributed by atoms with Crippen molar-refractivity contribution in [3.05, 3.63) is 62.1 Å². The predicted octanol–water partition coefficient (Wildman–Crippen LogP) is 4.17. The third kappa shape index (κ3) is 8.03. The van der Waals surface area contributed by atoms with Crippen LogP contribution in [0.3, 0.4) is 0 Å². The second kappa shape index (κ2) is 12.3. The van der Waals surface area contributed by atoms with Gasteiger partial charge in [0.2, 0.25) is 0 Å². The number of carbonyl (C=O) groups is 2. The fraction of sp³-hybridized carbons (Fsp3) is 0.158. The summed E-state index contributed by atoms with van der Waals surface area (Å²) in [7, 11) is 2.74. The van der Waals surface area contributed by atoms with Crippen molar-refractivity contribution in [2.75, 3.05) is 20.8 Å². The molecule has 0 saturated heterocycles. The van der Waals surface area contributed by atoms with E-state index >= 15 is 0 Å². The molecule has 2 aromatic rings. The Morgan fingerprint density at radius 3 is 2.23 bits per heavy atom. The van der Waals surface area contributed by atoms with E-state index in [0.717, 1.165) is 12.2 Å². The molecule has 0 spiro atoms. The maximum absolute atomic E-state index is 10.9. The standard InChI is InChI=1S/C11H11NO6.C8H6Cl2O3/c1-17-9-5-7(3-4-11(13)14)8(12(15)16)6-10(9)18-2;9-5-2-1-3-6(8(5)10)13-4-7(11)12/h3-6H,1-2H3,(H,13,14);1-3H,4H2,(H,11,12). The number of carboxylic acids is 2. The Hall–Kier alpha value is -3.50. The lowest BCUT2D eigenvalue weighted by molar-refractivity contribution is -0.385. The smallest absolute Gasteiger partial charge is 0.341 e. The number of carboxylic acid groups (broad SMARTS) is 2. The number of methoxy groups -OCH3 is 2. The van der Waals surface area contributed by atoms with Gasteiger partial charge in [-0.15, -0.1) is 0 Å². The van der Waals surface area contributed by atoms with E-state index in [0.29, 0.717) is 5.02 Å². The number of ether oxygens (including phenoxy) is 3. The Balaban J connectivity index is 0.000000327. The summed E-state index contributed by atoms with van der Waals surface area (Å²) >= 11 is 11.4. The first-order valence-electron chi connectivity index (χ1n) is 8.20. The molecule has 10 nitrogen and oxygen atoms in total. The Kier molecular flexibility index (Phi) is 10.1. The number of nitro benzene ring substituents is 1. The fourth-order valence-electron chi connectivity index (χ4n) is 2.07. The number of nitrogens with zero attached hydrogens (tertiary/aromatic N) is 1. The number of halogens is 2. The molecule has 166 valence electrons. The fourth-order valence-corrected chi connectivity index (χ4v) is 2.42. The van der Waals surface area contributed by atoms with Gasteiger partial charge in [-0.3, -0.25) is 10.1 Å². The minimum Gasteiger partial charge on any atom is -0.493 e. The van der Waals surface area contributed by atoms with Gasteiger partial charge in [0, 0.05) is 6.08 Å². The monoisotopic (exact) mass is 473 g/mol. The summed E-state index contributed by atoms with van der Waals surface area (Å²) in [5, 5.41) is 28.3. The zero-order chi connectivity index (χ0) is 23.6. The molecule has 2 aromatic carbocycles. The average Bonchev–Trinajstić information content (AvgIpc) is 2.72. The first-order chi connectivity index (χ1) is 14.6. The van der Waals surface area contributed by atoms with Gasteiger partial charge in [-0.2, -0.15) is 0 Å².